The van der Waals surface area contributed by atoms with E-state index in [4.69, 9.17) is 9.47 Å². The molecule has 4 nitrogen and oxygen atoms in total. The van der Waals surface area contributed by atoms with Gasteiger partial charge in [-0.2, -0.15) is 0 Å². The molecular weight excluding hydrogens is 182 g/mol. The first-order valence-electron chi connectivity index (χ1n) is 4.77. The van der Waals surface area contributed by atoms with Gasteiger partial charge >= 0.3 is 6.09 Å². The smallest absolute Gasteiger partial charge is 0.414 e. The second kappa shape index (κ2) is 4.35. The summed E-state index contributed by atoms with van der Waals surface area (Å²) in [6, 6.07) is 0. The first kappa shape index (κ1) is 10.9. The molecule has 1 amide bonds. The van der Waals surface area contributed by atoms with Gasteiger partial charge in [0.1, 0.15) is 5.60 Å². The van der Waals surface area contributed by atoms with Gasteiger partial charge in [0.2, 0.25) is 0 Å². The van der Waals surface area contributed by atoms with E-state index in [9.17, 15) is 4.79 Å². The topological polar surface area (TPSA) is 38.8 Å². The van der Waals surface area contributed by atoms with E-state index in [-0.39, 0.29) is 6.09 Å². The van der Waals surface area contributed by atoms with Crippen LogP contribution in [0.4, 0.5) is 4.79 Å². The van der Waals surface area contributed by atoms with Crippen LogP contribution < -0.4 is 0 Å². The monoisotopic (exact) mass is 199 g/mol. The average molecular weight is 199 g/mol. The summed E-state index contributed by atoms with van der Waals surface area (Å²) in [7, 11) is 0. The first-order chi connectivity index (χ1) is 6.49. The Morgan fingerprint density at radius 3 is 2.86 bits per heavy atom. The molecule has 0 aliphatic carbocycles. The zero-order valence-corrected chi connectivity index (χ0v) is 8.95. The van der Waals surface area contributed by atoms with Gasteiger partial charge in [0.25, 0.3) is 0 Å². The van der Waals surface area contributed by atoms with Crippen molar-refractivity contribution in [1.82, 2.24) is 4.90 Å². The average Bonchev–Trinajstić information content (AvgIpc) is 2.27. The molecule has 0 spiro atoms. The van der Waals surface area contributed by atoms with E-state index in [0.717, 1.165) is 6.42 Å². The molecule has 14 heavy (non-hydrogen) atoms. The molecule has 0 N–H and O–H groups in total. The standard InChI is InChI=1S/C10H17NO3/c1-10(2,3)14-9(12)11-5-4-7-13-8-6-11/h6,8H,4-5,7H2,1-3H3. The Labute approximate surface area is 84.5 Å². The fourth-order valence-electron chi connectivity index (χ4n) is 1.05. The summed E-state index contributed by atoms with van der Waals surface area (Å²) in [6.07, 6.45) is 3.64. The van der Waals surface area contributed by atoms with E-state index >= 15 is 0 Å². The molecule has 0 aromatic carbocycles. The number of amides is 1. The molecule has 0 fully saturated rings. The van der Waals surface area contributed by atoms with E-state index < -0.39 is 5.60 Å². The summed E-state index contributed by atoms with van der Waals surface area (Å²) < 4.78 is 10.3. The summed E-state index contributed by atoms with van der Waals surface area (Å²) in [5.41, 5.74) is -0.446. The third kappa shape index (κ3) is 3.68. The van der Waals surface area contributed by atoms with Crippen LogP contribution in [0, 0.1) is 0 Å². The van der Waals surface area contributed by atoms with Gasteiger partial charge in [-0.15, -0.1) is 0 Å². The van der Waals surface area contributed by atoms with Crippen molar-refractivity contribution in [3.05, 3.63) is 12.5 Å². The largest absolute Gasteiger partial charge is 0.500 e. The molecule has 0 bridgehead atoms. The van der Waals surface area contributed by atoms with Crippen molar-refractivity contribution < 1.29 is 14.3 Å². The third-order valence-corrected chi connectivity index (χ3v) is 1.63. The Hall–Kier alpha value is -1.19. The molecule has 0 saturated carbocycles. The van der Waals surface area contributed by atoms with Gasteiger partial charge in [0.05, 0.1) is 12.9 Å². The summed E-state index contributed by atoms with van der Waals surface area (Å²) in [5, 5.41) is 0. The number of carbonyl (C=O) groups is 1. The van der Waals surface area contributed by atoms with Crippen molar-refractivity contribution in [3.8, 4) is 0 Å². The predicted molar refractivity (Wildman–Crippen MR) is 52.6 cm³/mol. The Kier molecular flexibility index (Phi) is 3.38. The van der Waals surface area contributed by atoms with Crippen LogP contribution in [-0.2, 0) is 9.47 Å². The van der Waals surface area contributed by atoms with Crippen LogP contribution in [0.3, 0.4) is 0 Å². The van der Waals surface area contributed by atoms with Crippen molar-refractivity contribution >= 4 is 6.09 Å². The fraction of sp³-hybridized carbons (Fsp3) is 0.700. The van der Waals surface area contributed by atoms with Gasteiger partial charge in [0, 0.05) is 12.7 Å². The highest BCUT2D eigenvalue weighted by Crippen LogP contribution is 2.11. The van der Waals surface area contributed by atoms with Crippen LogP contribution in [0.2, 0.25) is 0 Å². The summed E-state index contributed by atoms with van der Waals surface area (Å²) in [4.78, 5) is 13.1. The van der Waals surface area contributed by atoms with E-state index in [1.54, 1.807) is 6.20 Å². The maximum Gasteiger partial charge on any atom is 0.414 e. The number of nitrogens with zero attached hydrogens (tertiary/aromatic N) is 1. The number of ether oxygens (including phenoxy) is 2. The zero-order chi connectivity index (χ0) is 10.6. The highest BCUT2D eigenvalue weighted by molar-refractivity contribution is 5.69. The zero-order valence-electron chi connectivity index (χ0n) is 8.95. The Balaban J connectivity index is 2.50. The maximum atomic E-state index is 11.6. The molecule has 0 unspecified atom stereocenters. The summed E-state index contributed by atoms with van der Waals surface area (Å²) in [6.45, 7) is 6.84. The van der Waals surface area contributed by atoms with Crippen molar-refractivity contribution in [3.63, 3.8) is 0 Å². The molecule has 0 aromatic rings. The number of rotatable bonds is 0. The van der Waals surface area contributed by atoms with Crippen LogP contribution in [0.1, 0.15) is 27.2 Å². The molecule has 1 rings (SSSR count). The van der Waals surface area contributed by atoms with E-state index in [0.29, 0.717) is 13.2 Å². The lowest BCUT2D eigenvalue weighted by atomic mass is 10.2. The van der Waals surface area contributed by atoms with Gasteiger partial charge in [-0.1, -0.05) is 0 Å². The molecule has 0 aromatic heterocycles. The molecule has 1 heterocycles. The highest BCUT2D eigenvalue weighted by Gasteiger charge is 2.21. The summed E-state index contributed by atoms with van der Waals surface area (Å²) in [5.74, 6) is 0. The maximum absolute atomic E-state index is 11.6. The lowest BCUT2D eigenvalue weighted by Crippen LogP contribution is -2.33. The van der Waals surface area contributed by atoms with Crippen molar-refractivity contribution in [2.75, 3.05) is 13.2 Å². The Morgan fingerprint density at radius 1 is 1.50 bits per heavy atom. The van der Waals surface area contributed by atoms with Crippen molar-refractivity contribution in [2.45, 2.75) is 32.8 Å². The highest BCUT2D eigenvalue weighted by atomic mass is 16.6. The molecule has 0 radical (unpaired) electrons. The normalized spacial score (nSPS) is 17.2. The van der Waals surface area contributed by atoms with Gasteiger partial charge in [-0.3, -0.25) is 4.90 Å². The van der Waals surface area contributed by atoms with Gasteiger partial charge < -0.3 is 9.47 Å². The van der Waals surface area contributed by atoms with Crippen molar-refractivity contribution in [1.29, 1.82) is 0 Å². The summed E-state index contributed by atoms with van der Waals surface area (Å²) >= 11 is 0. The molecule has 1 aliphatic rings. The first-order valence-corrected chi connectivity index (χ1v) is 4.77. The molecule has 80 valence electrons. The SMILES string of the molecule is CC(C)(C)OC(=O)N1C=COCCC1. The van der Waals surface area contributed by atoms with E-state index in [2.05, 4.69) is 0 Å². The second-order valence-electron chi connectivity index (χ2n) is 4.18. The minimum absolute atomic E-state index is 0.320. The lowest BCUT2D eigenvalue weighted by Gasteiger charge is -2.24. The number of hydrogen-bond acceptors (Lipinski definition) is 3. The van der Waals surface area contributed by atoms with Crippen LogP contribution in [0.25, 0.3) is 0 Å². The molecular formula is C10H17NO3. The van der Waals surface area contributed by atoms with Crippen LogP contribution >= 0.6 is 0 Å². The Bertz CT molecular complexity index is 230. The molecule has 4 heteroatoms. The van der Waals surface area contributed by atoms with Gasteiger partial charge in [-0.25, -0.2) is 4.79 Å². The minimum Gasteiger partial charge on any atom is -0.500 e. The molecule has 0 saturated heterocycles. The van der Waals surface area contributed by atoms with Crippen molar-refractivity contribution in [2.24, 2.45) is 0 Å². The van der Waals surface area contributed by atoms with Gasteiger partial charge in [0.15, 0.2) is 0 Å². The van der Waals surface area contributed by atoms with Crippen LogP contribution in [0.15, 0.2) is 12.5 Å². The predicted octanol–water partition coefficient (Wildman–Crippen LogP) is 2.12. The van der Waals surface area contributed by atoms with E-state index in [1.807, 2.05) is 20.8 Å². The van der Waals surface area contributed by atoms with Crippen LogP contribution in [-0.4, -0.2) is 29.7 Å². The van der Waals surface area contributed by atoms with Gasteiger partial charge in [-0.05, 0) is 27.2 Å². The molecule has 0 atom stereocenters. The van der Waals surface area contributed by atoms with E-state index in [1.165, 1.54) is 11.2 Å². The minimum atomic E-state index is -0.446. The fourth-order valence-corrected chi connectivity index (χ4v) is 1.05. The second-order valence-corrected chi connectivity index (χ2v) is 4.18. The van der Waals surface area contributed by atoms with Crippen LogP contribution in [0.5, 0.6) is 0 Å². The quantitative estimate of drug-likeness (QED) is 0.599. The lowest BCUT2D eigenvalue weighted by molar-refractivity contribution is 0.0336. The number of carbonyl (C=O) groups excluding carboxylic acids is 1. The molecule has 1 aliphatic heterocycles. The third-order valence-electron chi connectivity index (χ3n) is 1.63. The Morgan fingerprint density at radius 2 is 2.21 bits per heavy atom. The number of hydrogen-bond donors (Lipinski definition) is 0.